The van der Waals surface area contributed by atoms with Gasteiger partial charge in [-0.3, -0.25) is 9.00 Å². The van der Waals surface area contributed by atoms with Gasteiger partial charge in [0.1, 0.15) is 11.6 Å². The summed E-state index contributed by atoms with van der Waals surface area (Å²) in [6, 6.07) is 9.98. The fourth-order valence-corrected chi connectivity index (χ4v) is 3.04. The number of Topliss-reactive ketones (excluding diaryl/α,β-unsaturated/α-hetero) is 1. The van der Waals surface area contributed by atoms with Crippen LogP contribution in [-0.4, -0.2) is 22.9 Å². The second kappa shape index (κ2) is 6.83. The van der Waals surface area contributed by atoms with Crippen molar-refractivity contribution < 1.29 is 18.1 Å². The molecular formula is C15H12ClFO3S. The van der Waals surface area contributed by atoms with Crippen molar-refractivity contribution in [3.8, 4) is 5.75 Å². The summed E-state index contributed by atoms with van der Waals surface area (Å²) < 4.78 is 30.1. The van der Waals surface area contributed by atoms with Crippen LogP contribution in [-0.2, 0) is 10.8 Å². The molecule has 110 valence electrons. The summed E-state index contributed by atoms with van der Waals surface area (Å²) in [5.74, 6) is -0.589. The summed E-state index contributed by atoms with van der Waals surface area (Å²) in [4.78, 5) is 12.4. The molecule has 0 amide bonds. The lowest BCUT2D eigenvalue weighted by Gasteiger charge is -2.06. The van der Waals surface area contributed by atoms with E-state index in [1.807, 2.05) is 0 Å². The number of carbonyl (C=O) groups excluding carboxylic acids is 1. The molecule has 0 saturated heterocycles. The Labute approximate surface area is 129 Å². The Morgan fingerprint density at radius 3 is 2.67 bits per heavy atom. The number of benzene rings is 2. The van der Waals surface area contributed by atoms with Crippen LogP contribution >= 0.6 is 11.6 Å². The Bertz CT molecular complexity index is 703. The van der Waals surface area contributed by atoms with Crippen molar-refractivity contribution in [2.45, 2.75) is 4.90 Å². The molecule has 3 nitrogen and oxygen atoms in total. The van der Waals surface area contributed by atoms with E-state index in [4.69, 9.17) is 16.3 Å². The minimum absolute atomic E-state index is 0.230. The van der Waals surface area contributed by atoms with Crippen LogP contribution in [0.3, 0.4) is 0 Å². The number of ketones is 1. The Kier molecular flexibility index (Phi) is 5.09. The molecule has 21 heavy (non-hydrogen) atoms. The number of rotatable bonds is 5. The highest BCUT2D eigenvalue weighted by molar-refractivity contribution is 7.85. The first kappa shape index (κ1) is 15.7. The van der Waals surface area contributed by atoms with Crippen LogP contribution in [0.5, 0.6) is 5.75 Å². The lowest BCUT2D eigenvalue weighted by atomic mass is 10.1. The van der Waals surface area contributed by atoms with E-state index in [1.165, 1.54) is 31.4 Å². The minimum Gasteiger partial charge on any atom is -0.495 e. The molecule has 0 radical (unpaired) electrons. The van der Waals surface area contributed by atoms with Gasteiger partial charge in [-0.15, -0.1) is 0 Å². The minimum atomic E-state index is -1.60. The van der Waals surface area contributed by atoms with Crippen LogP contribution in [0.15, 0.2) is 47.4 Å². The van der Waals surface area contributed by atoms with E-state index in [0.717, 1.165) is 6.07 Å². The molecule has 0 aromatic heterocycles. The Hall–Kier alpha value is -1.72. The predicted molar refractivity (Wildman–Crippen MR) is 80.0 cm³/mol. The van der Waals surface area contributed by atoms with Gasteiger partial charge in [-0.1, -0.05) is 17.7 Å². The fraction of sp³-hybridized carbons (Fsp3) is 0.133. The largest absolute Gasteiger partial charge is 0.495 e. The first-order chi connectivity index (χ1) is 10.0. The van der Waals surface area contributed by atoms with Crippen molar-refractivity contribution >= 4 is 28.2 Å². The third kappa shape index (κ3) is 3.89. The van der Waals surface area contributed by atoms with Crippen LogP contribution < -0.4 is 4.74 Å². The zero-order valence-electron chi connectivity index (χ0n) is 11.1. The number of methoxy groups -OCH3 is 1. The van der Waals surface area contributed by atoms with Crippen LogP contribution in [0.2, 0.25) is 5.02 Å². The summed E-state index contributed by atoms with van der Waals surface area (Å²) in [5.41, 5.74) is 0.338. The predicted octanol–water partition coefficient (Wildman–Crippen LogP) is 3.48. The monoisotopic (exact) mass is 326 g/mol. The summed E-state index contributed by atoms with van der Waals surface area (Å²) in [6.45, 7) is 0. The zero-order chi connectivity index (χ0) is 15.4. The fourth-order valence-electron chi connectivity index (χ4n) is 1.73. The third-order valence-electron chi connectivity index (χ3n) is 2.79. The Balaban J connectivity index is 2.14. The molecule has 2 aromatic carbocycles. The van der Waals surface area contributed by atoms with Gasteiger partial charge in [-0.2, -0.15) is 0 Å². The van der Waals surface area contributed by atoms with E-state index in [1.54, 1.807) is 12.1 Å². The van der Waals surface area contributed by atoms with Crippen molar-refractivity contribution in [1.82, 2.24) is 0 Å². The molecule has 0 bridgehead atoms. The van der Waals surface area contributed by atoms with E-state index < -0.39 is 16.6 Å². The highest BCUT2D eigenvalue weighted by Crippen LogP contribution is 2.25. The highest BCUT2D eigenvalue weighted by Gasteiger charge is 2.14. The molecular weight excluding hydrogens is 315 g/mol. The van der Waals surface area contributed by atoms with E-state index in [9.17, 15) is 13.4 Å². The normalized spacial score (nSPS) is 12.0. The molecule has 0 fully saturated rings. The molecule has 0 spiro atoms. The Morgan fingerprint density at radius 1 is 1.29 bits per heavy atom. The second-order valence-corrected chi connectivity index (χ2v) is 6.08. The smallest absolute Gasteiger partial charge is 0.175 e. The lowest BCUT2D eigenvalue weighted by molar-refractivity contribution is 0.102. The number of hydrogen-bond donors (Lipinski definition) is 0. The van der Waals surface area contributed by atoms with Crippen molar-refractivity contribution in [3.63, 3.8) is 0 Å². The maximum absolute atomic E-state index is 13.1. The lowest BCUT2D eigenvalue weighted by Crippen LogP contribution is -2.11. The quantitative estimate of drug-likeness (QED) is 0.790. The maximum atomic E-state index is 13.1. The number of carbonyl (C=O) groups is 1. The summed E-state index contributed by atoms with van der Waals surface area (Å²) in [5, 5.41) is 0.305. The van der Waals surface area contributed by atoms with Gasteiger partial charge < -0.3 is 4.74 Å². The van der Waals surface area contributed by atoms with Crippen LogP contribution in [0, 0.1) is 5.82 Å². The first-order valence-corrected chi connectivity index (χ1v) is 7.71. The van der Waals surface area contributed by atoms with Crippen LogP contribution in [0.4, 0.5) is 4.39 Å². The van der Waals surface area contributed by atoms with Crippen molar-refractivity contribution in [2.24, 2.45) is 0 Å². The topological polar surface area (TPSA) is 43.4 Å². The summed E-state index contributed by atoms with van der Waals surface area (Å²) >= 11 is 5.95. The van der Waals surface area contributed by atoms with Gasteiger partial charge >= 0.3 is 0 Å². The third-order valence-corrected chi connectivity index (χ3v) is 4.39. The van der Waals surface area contributed by atoms with Gasteiger partial charge in [0.15, 0.2) is 5.78 Å². The maximum Gasteiger partial charge on any atom is 0.175 e. The summed E-state index contributed by atoms with van der Waals surface area (Å²) in [7, 11) is -0.128. The molecule has 0 aliphatic rings. The van der Waals surface area contributed by atoms with Gasteiger partial charge in [-0.25, -0.2) is 4.39 Å². The van der Waals surface area contributed by atoms with Crippen molar-refractivity contribution in [3.05, 3.63) is 58.9 Å². The standard InChI is InChI=1S/C15H12ClFO3S/c1-20-15-6-5-10(7-13(15)16)14(18)9-21(19)12-4-2-3-11(17)8-12/h2-8H,9H2,1H3. The average Bonchev–Trinajstić information content (AvgIpc) is 2.47. The van der Waals surface area contributed by atoms with Crippen LogP contribution in [0.1, 0.15) is 10.4 Å². The van der Waals surface area contributed by atoms with Gasteiger partial charge in [-0.05, 0) is 36.4 Å². The van der Waals surface area contributed by atoms with E-state index in [2.05, 4.69) is 0 Å². The van der Waals surface area contributed by atoms with Gasteiger partial charge in [0.2, 0.25) is 0 Å². The van der Waals surface area contributed by atoms with Crippen LogP contribution in [0.25, 0.3) is 0 Å². The van der Waals surface area contributed by atoms with E-state index in [-0.39, 0.29) is 16.4 Å². The number of halogens is 2. The SMILES string of the molecule is COc1ccc(C(=O)CS(=O)c2cccc(F)c2)cc1Cl. The molecule has 0 aliphatic carbocycles. The number of ether oxygens (including phenoxy) is 1. The van der Waals surface area contributed by atoms with Gasteiger partial charge in [0.05, 0.1) is 28.7 Å². The molecule has 0 aliphatic heterocycles. The molecule has 0 saturated carbocycles. The molecule has 6 heteroatoms. The zero-order valence-corrected chi connectivity index (χ0v) is 12.7. The number of hydrogen-bond acceptors (Lipinski definition) is 3. The Morgan fingerprint density at radius 2 is 2.05 bits per heavy atom. The molecule has 0 N–H and O–H groups in total. The summed E-state index contributed by atoms with van der Waals surface area (Å²) in [6.07, 6.45) is 0. The molecule has 1 atom stereocenters. The average molecular weight is 327 g/mol. The van der Waals surface area contributed by atoms with E-state index in [0.29, 0.717) is 16.3 Å². The second-order valence-electron chi connectivity index (χ2n) is 4.22. The first-order valence-electron chi connectivity index (χ1n) is 6.02. The van der Waals surface area contributed by atoms with Gasteiger partial charge in [0, 0.05) is 10.5 Å². The van der Waals surface area contributed by atoms with Crippen molar-refractivity contribution in [1.29, 1.82) is 0 Å². The van der Waals surface area contributed by atoms with E-state index >= 15 is 0 Å². The molecule has 1 unspecified atom stereocenters. The van der Waals surface area contributed by atoms with Gasteiger partial charge in [0.25, 0.3) is 0 Å². The highest BCUT2D eigenvalue weighted by atomic mass is 35.5. The molecule has 2 rings (SSSR count). The van der Waals surface area contributed by atoms with Crippen molar-refractivity contribution in [2.75, 3.05) is 12.9 Å². The molecule has 0 heterocycles. The molecule has 2 aromatic rings.